The van der Waals surface area contributed by atoms with E-state index in [1.54, 1.807) is 0 Å². The summed E-state index contributed by atoms with van der Waals surface area (Å²) in [4.78, 5) is 17.3. The molecule has 0 radical (unpaired) electrons. The fourth-order valence-corrected chi connectivity index (χ4v) is 5.04. The topological polar surface area (TPSA) is 86.8 Å². The number of alkyl halides is 3. The Morgan fingerprint density at radius 3 is 2.53 bits per heavy atom. The van der Waals surface area contributed by atoms with E-state index in [9.17, 15) is 18.0 Å². The SMILES string of the molecule is CC(C)OCCCN=C(NC(=O)C1CCC(F)C(F)C1)NC1CC(C2CCC(C)C(F)C2)NN1. The maximum atomic E-state index is 14.2. The van der Waals surface area contributed by atoms with Gasteiger partial charge < -0.3 is 10.1 Å². The molecular weight excluding hydrogens is 447 g/mol. The average molecular weight is 490 g/mol. The summed E-state index contributed by atoms with van der Waals surface area (Å²) in [5.74, 6) is -0.238. The molecule has 10 heteroatoms. The number of halogens is 3. The van der Waals surface area contributed by atoms with Crippen LogP contribution in [-0.2, 0) is 9.53 Å². The van der Waals surface area contributed by atoms with E-state index >= 15 is 0 Å². The molecular formula is C24H42F3N5O2. The van der Waals surface area contributed by atoms with Crippen LogP contribution in [0.3, 0.4) is 0 Å². The first-order valence-corrected chi connectivity index (χ1v) is 12.9. The van der Waals surface area contributed by atoms with E-state index in [0.717, 1.165) is 19.3 Å². The Hall–Kier alpha value is -1.39. The minimum Gasteiger partial charge on any atom is -0.379 e. The van der Waals surface area contributed by atoms with Crippen LogP contribution in [0.25, 0.3) is 0 Å². The molecule has 34 heavy (non-hydrogen) atoms. The summed E-state index contributed by atoms with van der Waals surface area (Å²) in [6, 6.07) is 0.131. The van der Waals surface area contributed by atoms with Crippen LogP contribution in [0.15, 0.2) is 4.99 Å². The van der Waals surface area contributed by atoms with Gasteiger partial charge in [-0.2, -0.15) is 0 Å². The van der Waals surface area contributed by atoms with Crippen molar-refractivity contribution in [1.29, 1.82) is 0 Å². The molecule has 196 valence electrons. The van der Waals surface area contributed by atoms with Crippen LogP contribution in [0.2, 0.25) is 0 Å². The smallest absolute Gasteiger partial charge is 0.229 e. The van der Waals surface area contributed by atoms with E-state index in [4.69, 9.17) is 4.74 Å². The number of carbonyl (C=O) groups is 1. The van der Waals surface area contributed by atoms with Crippen LogP contribution in [0.5, 0.6) is 0 Å². The number of hydrazine groups is 1. The zero-order chi connectivity index (χ0) is 24.7. The summed E-state index contributed by atoms with van der Waals surface area (Å²) in [7, 11) is 0. The number of hydrogen-bond acceptors (Lipinski definition) is 5. The van der Waals surface area contributed by atoms with Crippen molar-refractivity contribution >= 4 is 11.9 Å². The number of ether oxygens (including phenoxy) is 1. The van der Waals surface area contributed by atoms with Crippen molar-refractivity contribution < 1.29 is 22.7 Å². The molecule has 7 nitrogen and oxygen atoms in total. The second-order valence-corrected chi connectivity index (χ2v) is 10.4. The number of rotatable bonds is 8. The molecule has 2 aliphatic carbocycles. The summed E-state index contributed by atoms with van der Waals surface area (Å²) in [5.41, 5.74) is 6.47. The summed E-state index contributed by atoms with van der Waals surface area (Å²) in [5, 5.41) is 6.03. The lowest BCUT2D eigenvalue weighted by Gasteiger charge is -2.32. The molecule has 1 aliphatic heterocycles. The first-order valence-electron chi connectivity index (χ1n) is 12.9. The number of aliphatic imine (C=N–C) groups is 1. The Labute approximate surface area is 201 Å². The van der Waals surface area contributed by atoms with E-state index in [2.05, 4.69) is 26.5 Å². The first-order chi connectivity index (χ1) is 16.2. The van der Waals surface area contributed by atoms with Gasteiger partial charge >= 0.3 is 0 Å². The van der Waals surface area contributed by atoms with E-state index in [-0.39, 0.29) is 48.9 Å². The maximum absolute atomic E-state index is 14.2. The Morgan fingerprint density at radius 2 is 1.82 bits per heavy atom. The molecule has 1 heterocycles. The standard InChI is InChI=1S/C24H42F3N5O2/c1-14(2)34-10-4-9-28-24(30-23(33)17-7-8-18(25)20(27)12-17)29-22-13-21(31-32-22)16-6-5-15(3)19(26)11-16/h14-22,31-32H,4-13H2,1-3H3,(H2,28,29,30,33). The summed E-state index contributed by atoms with van der Waals surface area (Å²) in [6.07, 6.45) is 0.183. The van der Waals surface area contributed by atoms with Gasteiger partial charge in [-0.1, -0.05) is 6.92 Å². The number of hydrogen-bond donors (Lipinski definition) is 4. The molecule has 2 saturated carbocycles. The zero-order valence-electron chi connectivity index (χ0n) is 20.7. The molecule has 8 unspecified atom stereocenters. The monoisotopic (exact) mass is 489 g/mol. The fourth-order valence-electron chi connectivity index (χ4n) is 5.04. The number of nitrogens with one attached hydrogen (secondary N) is 4. The van der Waals surface area contributed by atoms with Gasteiger partial charge in [-0.3, -0.25) is 20.5 Å². The summed E-state index contributed by atoms with van der Waals surface area (Å²) >= 11 is 0. The van der Waals surface area contributed by atoms with Crippen molar-refractivity contribution in [2.75, 3.05) is 13.2 Å². The number of amides is 1. The third kappa shape index (κ3) is 8.09. The van der Waals surface area contributed by atoms with E-state index in [0.29, 0.717) is 38.4 Å². The molecule has 0 bridgehead atoms. The minimum atomic E-state index is -1.61. The van der Waals surface area contributed by atoms with Crippen LogP contribution >= 0.6 is 0 Å². The minimum absolute atomic E-state index is 0.0526. The van der Waals surface area contributed by atoms with Crippen molar-refractivity contribution in [3.63, 3.8) is 0 Å². The quantitative estimate of drug-likeness (QED) is 0.239. The second kappa shape index (κ2) is 13.1. The lowest BCUT2D eigenvalue weighted by atomic mass is 9.77. The van der Waals surface area contributed by atoms with Crippen molar-refractivity contribution in [2.45, 2.75) is 109 Å². The van der Waals surface area contributed by atoms with Crippen molar-refractivity contribution in [2.24, 2.45) is 22.7 Å². The van der Waals surface area contributed by atoms with Crippen LogP contribution in [-0.4, -0.2) is 61.8 Å². The average Bonchev–Trinajstić information content (AvgIpc) is 3.25. The third-order valence-corrected chi connectivity index (χ3v) is 7.28. The maximum Gasteiger partial charge on any atom is 0.229 e. The number of carbonyl (C=O) groups excluding carboxylic acids is 1. The molecule has 0 aromatic heterocycles. The van der Waals surface area contributed by atoms with Gasteiger partial charge in [-0.05, 0) is 77.0 Å². The predicted molar refractivity (Wildman–Crippen MR) is 126 cm³/mol. The lowest BCUT2D eigenvalue weighted by Crippen LogP contribution is -2.52. The molecule has 3 rings (SSSR count). The summed E-state index contributed by atoms with van der Waals surface area (Å²) < 4.78 is 47.1. The van der Waals surface area contributed by atoms with E-state index in [1.165, 1.54) is 0 Å². The zero-order valence-corrected chi connectivity index (χ0v) is 20.7. The largest absolute Gasteiger partial charge is 0.379 e. The van der Waals surface area contributed by atoms with E-state index in [1.807, 2.05) is 20.8 Å². The molecule has 0 spiro atoms. The van der Waals surface area contributed by atoms with Crippen molar-refractivity contribution in [3.8, 4) is 0 Å². The molecule has 1 amide bonds. The van der Waals surface area contributed by atoms with Crippen molar-refractivity contribution in [1.82, 2.24) is 21.5 Å². The second-order valence-electron chi connectivity index (χ2n) is 10.4. The van der Waals surface area contributed by atoms with E-state index < -0.39 is 24.4 Å². The van der Waals surface area contributed by atoms with Crippen LogP contribution < -0.4 is 21.5 Å². The Bertz CT molecular complexity index is 683. The van der Waals surface area contributed by atoms with Gasteiger partial charge in [-0.25, -0.2) is 18.6 Å². The van der Waals surface area contributed by atoms with Gasteiger partial charge in [-0.15, -0.1) is 0 Å². The molecule has 8 atom stereocenters. The molecule has 4 N–H and O–H groups in total. The Balaban J connectivity index is 1.54. The molecule has 1 saturated heterocycles. The van der Waals surface area contributed by atoms with Crippen LogP contribution in [0, 0.1) is 17.8 Å². The summed E-state index contributed by atoms with van der Waals surface area (Å²) in [6.45, 7) is 6.91. The normalized spacial score (nSPS) is 37.1. The third-order valence-electron chi connectivity index (χ3n) is 7.28. The van der Waals surface area contributed by atoms with Gasteiger partial charge in [0.2, 0.25) is 5.91 Å². The highest BCUT2D eigenvalue weighted by atomic mass is 19.2. The number of nitrogens with zero attached hydrogens (tertiary/aromatic N) is 1. The highest BCUT2D eigenvalue weighted by Gasteiger charge is 2.37. The molecule has 3 fully saturated rings. The highest BCUT2D eigenvalue weighted by Crippen LogP contribution is 2.34. The van der Waals surface area contributed by atoms with Gasteiger partial charge in [0.05, 0.1) is 12.3 Å². The van der Waals surface area contributed by atoms with Crippen LogP contribution in [0.4, 0.5) is 13.2 Å². The van der Waals surface area contributed by atoms with Crippen molar-refractivity contribution in [3.05, 3.63) is 0 Å². The fraction of sp³-hybridized carbons (Fsp3) is 0.917. The van der Waals surface area contributed by atoms with Gasteiger partial charge in [0.25, 0.3) is 0 Å². The Morgan fingerprint density at radius 1 is 1.03 bits per heavy atom. The highest BCUT2D eigenvalue weighted by molar-refractivity contribution is 5.98. The molecule has 0 aromatic rings. The first kappa shape index (κ1) is 27.2. The Kier molecular flexibility index (Phi) is 10.5. The molecule has 0 aromatic carbocycles. The van der Waals surface area contributed by atoms with Crippen LogP contribution in [0.1, 0.15) is 72.1 Å². The number of guanidine groups is 1. The molecule has 3 aliphatic rings. The van der Waals surface area contributed by atoms with Gasteiger partial charge in [0.1, 0.15) is 18.5 Å². The van der Waals surface area contributed by atoms with Gasteiger partial charge in [0, 0.05) is 25.1 Å². The van der Waals surface area contributed by atoms with Gasteiger partial charge in [0.15, 0.2) is 5.96 Å². The predicted octanol–water partition coefficient (Wildman–Crippen LogP) is 3.31. The lowest BCUT2D eigenvalue weighted by molar-refractivity contribution is -0.125.